The van der Waals surface area contributed by atoms with Crippen LogP contribution in [0.4, 0.5) is 4.39 Å². The summed E-state index contributed by atoms with van der Waals surface area (Å²) >= 11 is 0. The van der Waals surface area contributed by atoms with E-state index in [1.54, 1.807) is 0 Å². The summed E-state index contributed by atoms with van der Waals surface area (Å²) in [5.41, 5.74) is 0.647. The van der Waals surface area contributed by atoms with Gasteiger partial charge in [0.2, 0.25) is 0 Å². The van der Waals surface area contributed by atoms with Gasteiger partial charge in [-0.15, -0.1) is 0 Å². The van der Waals surface area contributed by atoms with Gasteiger partial charge in [0.25, 0.3) is 0 Å². The minimum absolute atomic E-state index is 0.120. The van der Waals surface area contributed by atoms with Gasteiger partial charge in [-0.25, -0.2) is 0 Å². The van der Waals surface area contributed by atoms with Gasteiger partial charge in [0, 0.05) is 32.4 Å². The molecular weight excluding hydrogens is 317 g/mol. The minimum Gasteiger partial charge on any atom is -0.454 e. The summed E-state index contributed by atoms with van der Waals surface area (Å²) in [5, 5.41) is 0. The van der Waals surface area contributed by atoms with Crippen LogP contribution in [0.3, 0.4) is 0 Å². The number of hydrogen-bond acceptors (Lipinski definition) is 3. The predicted molar refractivity (Wildman–Crippen MR) is 99.2 cm³/mol. The highest BCUT2D eigenvalue weighted by molar-refractivity contribution is 5.69. The lowest BCUT2D eigenvalue weighted by atomic mass is 9.84. The van der Waals surface area contributed by atoms with Crippen molar-refractivity contribution >= 4 is 5.97 Å². The minimum atomic E-state index is -0.466. The number of likely N-dealkylation sites (tertiary alicyclic amines) is 1. The Morgan fingerprint density at radius 3 is 2.36 bits per heavy atom. The van der Waals surface area contributed by atoms with Gasteiger partial charge in [-0.2, -0.15) is 0 Å². The van der Waals surface area contributed by atoms with E-state index in [0.29, 0.717) is 12.8 Å². The summed E-state index contributed by atoms with van der Waals surface area (Å²) in [7, 11) is 0. The molecule has 1 aromatic rings. The Kier molecular flexibility index (Phi) is 8.39. The van der Waals surface area contributed by atoms with Crippen LogP contribution in [0.1, 0.15) is 63.9 Å². The molecule has 0 aromatic heterocycles. The molecule has 1 aliphatic heterocycles. The second-order valence-electron chi connectivity index (χ2n) is 6.99. The number of carbonyl (C=O) groups excluding carboxylic acids is 1. The molecule has 0 atom stereocenters. The lowest BCUT2D eigenvalue weighted by molar-refractivity contribution is -0.166. The average Bonchev–Trinajstić information content (AvgIpc) is 2.66. The van der Waals surface area contributed by atoms with E-state index in [-0.39, 0.29) is 12.6 Å². The van der Waals surface area contributed by atoms with Crippen LogP contribution in [0, 0.1) is 0 Å². The molecule has 0 N–H and O–H groups in total. The van der Waals surface area contributed by atoms with Gasteiger partial charge in [-0.1, -0.05) is 56.5 Å². The van der Waals surface area contributed by atoms with Crippen molar-refractivity contribution in [2.45, 2.75) is 63.9 Å². The molecule has 1 fully saturated rings. The van der Waals surface area contributed by atoms with Gasteiger partial charge in [0.15, 0.2) is 0 Å². The fraction of sp³-hybridized carbons (Fsp3) is 0.667. The molecule has 0 spiro atoms. The van der Waals surface area contributed by atoms with Crippen LogP contribution in [0.15, 0.2) is 30.3 Å². The van der Waals surface area contributed by atoms with Crippen molar-refractivity contribution in [3.8, 4) is 0 Å². The van der Waals surface area contributed by atoms with E-state index in [4.69, 9.17) is 4.74 Å². The maximum absolute atomic E-state index is 12.1. The predicted octanol–water partition coefficient (Wildman–Crippen LogP) is 4.85. The third kappa shape index (κ3) is 6.10. The zero-order valence-electron chi connectivity index (χ0n) is 15.5. The highest BCUT2D eigenvalue weighted by Crippen LogP contribution is 2.37. The van der Waals surface area contributed by atoms with E-state index in [9.17, 15) is 9.18 Å². The highest BCUT2D eigenvalue weighted by atomic mass is 19.1. The summed E-state index contributed by atoms with van der Waals surface area (Å²) in [6.07, 6.45) is 7.28. The number of hydrogen-bond donors (Lipinski definition) is 0. The molecule has 25 heavy (non-hydrogen) atoms. The van der Waals surface area contributed by atoms with Gasteiger partial charge in [0.05, 0.1) is 6.67 Å². The van der Waals surface area contributed by atoms with E-state index in [0.717, 1.165) is 50.9 Å². The van der Waals surface area contributed by atoms with Crippen LogP contribution in [-0.4, -0.2) is 37.2 Å². The third-order valence-corrected chi connectivity index (χ3v) is 5.17. The molecule has 0 saturated carbocycles. The normalized spacial score (nSPS) is 17.4. The number of rotatable bonds is 10. The molecule has 2 rings (SSSR count). The Hall–Kier alpha value is -1.42. The molecule has 1 aromatic carbocycles. The number of unbranched alkanes of at least 4 members (excludes halogenated alkanes) is 4. The van der Waals surface area contributed by atoms with Gasteiger partial charge < -0.3 is 9.64 Å². The van der Waals surface area contributed by atoms with Crippen LogP contribution < -0.4 is 0 Å². The first-order chi connectivity index (χ1) is 12.2. The monoisotopic (exact) mass is 349 g/mol. The number of esters is 1. The number of ether oxygens (including phenoxy) is 1. The maximum Gasteiger partial charge on any atom is 0.306 e. The number of alkyl halides is 1. The second kappa shape index (κ2) is 10.5. The largest absolute Gasteiger partial charge is 0.454 e. The van der Waals surface area contributed by atoms with Crippen molar-refractivity contribution in [1.29, 1.82) is 0 Å². The fourth-order valence-electron chi connectivity index (χ4n) is 3.58. The molecule has 1 saturated heterocycles. The molecule has 1 aliphatic rings. The van der Waals surface area contributed by atoms with Gasteiger partial charge >= 0.3 is 5.97 Å². The Bertz CT molecular complexity index is 498. The number of benzene rings is 1. The van der Waals surface area contributed by atoms with Crippen molar-refractivity contribution < 1.29 is 13.9 Å². The van der Waals surface area contributed by atoms with Crippen molar-refractivity contribution in [2.24, 2.45) is 0 Å². The van der Waals surface area contributed by atoms with Gasteiger partial charge in [0.1, 0.15) is 5.60 Å². The Labute approximate surface area is 151 Å². The molecular formula is C21H32FNO2. The van der Waals surface area contributed by atoms with Crippen LogP contribution in [0.2, 0.25) is 0 Å². The first-order valence-electron chi connectivity index (χ1n) is 9.76. The molecule has 4 heteroatoms. The van der Waals surface area contributed by atoms with Gasteiger partial charge in [-0.05, 0) is 24.9 Å². The number of piperidine rings is 1. The standard InChI is InChI=1S/C21H32FNO2/c1-2-20(24)25-21(19-11-7-6-8-12-19)13-17-23(18-14-21)16-10-5-3-4-9-15-22/h6-8,11-12H,2-5,9-10,13-18H2,1H3. The number of halogens is 1. The van der Waals surface area contributed by atoms with Crippen LogP contribution in [-0.2, 0) is 15.1 Å². The smallest absolute Gasteiger partial charge is 0.306 e. The molecule has 1 heterocycles. The Morgan fingerprint density at radius 1 is 1.08 bits per heavy atom. The Morgan fingerprint density at radius 2 is 1.72 bits per heavy atom. The number of nitrogens with zero attached hydrogens (tertiary/aromatic N) is 1. The summed E-state index contributed by atoms with van der Waals surface area (Å²) in [6, 6.07) is 10.2. The zero-order chi connectivity index (χ0) is 18.0. The lowest BCUT2D eigenvalue weighted by Gasteiger charge is -2.41. The molecule has 0 bridgehead atoms. The van der Waals surface area contributed by atoms with E-state index in [2.05, 4.69) is 17.0 Å². The molecule has 3 nitrogen and oxygen atoms in total. The maximum atomic E-state index is 12.1. The Balaban J connectivity index is 1.85. The highest BCUT2D eigenvalue weighted by Gasteiger charge is 2.39. The van der Waals surface area contributed by atoms with Crippen molar-refractivity contribution in [2.75, 3.05) is 26.3 Å². The lowest BCUT2D eigenvalue weighted by Crippen LogP contribution is -2.45. The molecule has 0 aliphatic carbocycles. The van der Waals surface area contributed by atoms with Crippen molar-refractivity contribution in [3.05, 3.63) is 35.9 Å². The molecule has 140 valence electrons. The van der Waals surface area contributed by atoms with Gasteiger partial charge in [-0.3, -0.25) is 9.18 Å². The van der Waals surface area contributed by atoms with Crippen molar-refractivity contribution in [3.63, 3.8) is 0 Å². The van der Waals surface area contributed by atoms with Crippen LogP contribution in [0.25, 0.3) is 0 Å². The van der Waals surface area contributed by atoms with Crippen molar-refractivity contribution in [1.82, 2.24) is 4.90 Å². The van der Waals surface area contributed by atoms with Crippen LogP contribution >= 0.6 is 0 Å². The first kappa shape index (κ1) is 19.9. The van der Waals surface area contributed by atoms with E-state index in [1.807, 2.05) is 25.1 Å². The number of carbonyl (C=O) groups is 1. The average molecular weight is 349 g/mol. The van der Waals surface area contributed by atoms with Crippen LogP contribution in [0.5, 0.6) is 0 Å². The summed E-state index contributed by atoms with van der Waals surface area (Å²) < 4.78 is 18.0. The fourth-order valence-corrected chi connectivity index (χ4v) is 3.58. The zero-order valence-corrected chi connectivity index (χ0v) is 15.5. The van der Waals surface area contributed by atoms with E-state index >= 15 is 0 Å². The summed E-state index contributed by atoms with van der Waals surface area (Å²) in [4.78, 5) is 14.4. The topological polar surface area (TPSA) is 29.5 Å². The van der Waals surface area contributed by atoms with E-state index in [1.165, 1.54) is 12.8 Å². The third-order valence-electron chi connectivity index (χ3n) is 5.17. The van der Waals surface area contributed by atoms with E-state index < -0.39 is 5.60 Å². The SMILES string of the molecule is CCC(=O)OC1(c2ccccc2)CCN(CCCCCCCF)CC1. The summed E-state index contributed by atoms with van der Waals surface area (Å²) in [5.74, 6) is -0.120. The molecule has 0 amide bonds. The quantitative estimate of drug-likeness (QED) is 0.447. The molecule has 0 unspecified atom stereocenters. The first-order valence-corrected chi connectivity index (χ1v) is 9.76. The molecule has 0 radical (unpaired) electrons. The second-order valence-corrected chi connectivity index (χ2v) is 6.99. The summed E-state index contributed by atoms with van der Waals surface area (Å²) in [6.45, 7) is 4.65.